The van der Waals surface area contributed by atoms with Gasteiger partial charge in [0.15, 0.2) is 5.82 Å². The fraction of sp³-hybridized carbons (Fsp3) is 0.682. The van der Waals surface area contributed by atoms with Gasteiger partial charge in [0.2, 0.25) is 0 Å². The number of aromatic nitrogens is 4. The van der Waals surface area contributed by atoms with Gasteiger partial charge >= 0.3 is 0 Å². The van der Waals surface area contributed by atoms with Gasteiger partial charge in [-0.3, -0.25) is 9.80 Å². The lowest BCUT2D eigenvalue weighted by molar-refractivity contribution is 0.0756. The monoisotopic (exact) mass is 430 g/mol. The van der Waals surface area contributed by atoms with Crippen molar-refractivity contribution in [1.29, 1.82) is 0 Å². The van der Waals surface area contributed by atoms with E-state index in [0.29, 0.717) is 13.2 Å². The van der Waals surface area contributed by atoms with Gasteiger partial charge in [-0.05, 0) is 35.4 Å². The van der Waals surface area contributed by atoms with E-state index in [2.05, 4.69) is 31.4 Å². The van der Waals surface area contributed by atoms with E-state index in [0.717, 1.165) is 55.1 Å². The van der Waals surface area contributed by atoms with Gasteiger partial charge < -0.3 is 14.2 Å². The van der Waals surface area contributed by atoms with Crippen LogP contribution in [0.15, 0.2) is 18.2 Å². The van der Waals surface area contributed by atoms with Crippen molar-refractivity contribution >= 4 is 0 Å². The van der Waals surface area contributed by atoms with Crippen molar-refractivity contribution < 1.29 is 14.2 Å². The molecule has 0 N–H and O–H groups in total. The second kappa shape index (κ2) is 10.4. The molecule has 170 valence electrons. The Morgan fingerprint density at radius 3 is 2.48 bits per heavy atom. The van der Waals surface area contributed by atoms with Crippen molar-refractivity contribution in [3.63, 3.8) is 0 Å². The maximum atomic E-state index is 5.76. The normalized spacial score (nSPS) is 19.6. The molecule has 1 aromatic heterocycles. The molecule has 1 aliphatic heterocycles. The molecule has 0 bridgehead atoms. The first-order chi connectivity index (χ1) is 15.2. The van der Waals surface area contributed by atoms with Crippen LogP contribution >= 0.6 is 0 Å². The molecule has 2 fully saturated rings. The van der Waals surface area contributed by atoms with E-state index in [1.807, 2.05) is 16.8 Å². The first-order valence-corrected chi connectivity index (χ1v) is 11.2. The van der Waals surface area contributed by atoms with Gasteiger partial charge in [0.1, 0.15) is 17.5 Å². The van der Waals surface area contributed by atoms with Crippen LogP contribution in [-0.4, -0.2) is 90.2 Å². The Labute approximate surface area is 184 Å². The van der Waals surface area contributed by atoms with Crippen molar-refractivity contribution in [2.45, 2.75) is 44.3 Å². The summed E-state index contributed by atoms with van der Waals surface area (Å²) in [6, 6.07) is 6.63. The molecular formula is C22H34N6O3. The van der Waals surface area contributed by atoms with Crippen LogP contribution in [-0.2, 0) is 11.3 Å². The summed E-state index contributed by atoms with van der Waals surface area (Å²) in [5.41, 5.74) is 1.05. The molecule has 1 saturated carbocycles. The van der Waals surface area contributed by atoms with Crippen LogP contribution in [0.25, 0.3) is 0 Å². The minimum atomic E-state index is -0.0987. The molecule has 1 saturated heterocycles. The quantitative estimate of drug-likeness (QED) is 0.598. The van der Waals surface area contributed by atoms with E-state index in [4.69, 9.17) is 14.2 Å². The number of tetrazole rings is 1. The van der Waals surface area contributed by atoms with Crippen molar-refractivity contribution in [3.05, 3.63) is 29.6 Å². The highest BCUT2D eigenvalue weighted by Gasteiger charge is 2.34. The van der Waals surface area contributed by atoms with Gasteiger partial charge in [-0.1, -0.05) is 12.8 Å². The third-order valence-corrected chi connectivity index (χ3v) is 6.60. The molecule has 1 aromatic carbocycles. The number of rotatable bonds is 9. The largest absolute Gasteiger partial charge is 0.497 e. The Morgan fingerprint density at radius 1 is 1.03 bits per heavy atom. The fourth-order valence-corrected chi connectivity index (χ4v) is 4.92. The zero-order valence-corrected chi connectivity index (χ0v) is 18.9. The lowest BCUT2D eigenvalue weighted by Crippen LogP contribution is -2.51. The van der Waals surface area contributed by atoms with Gasteiger partial charge in [-0.2, -0.15) is 0 Å². The fourth-order valence-electron chi connectivity index (χ4n) is 4.92. The number of hydrogen-bond acceptors (Lipinski definition) is 8. The summed E-state index contributed by atoms with van der Waals surface area (Å²) in [6.45, 7) is 5.23. The molecule has 0 radical (unpaired) electrons. The second-order valence-electron chi connectivity index (χ2n) is 8.27. The summed E-state index contributed by atoms with van der Waals surface area (Å²) in [5.74, 6) is 2.36. The summed E-state index contributed by atoms with van der Waals surface area (Å²) in [4.78, 5) is 5.14. The first-order valence-electron chi connectivity index (χ1n) is 11.2. The standard InChI is InChI=1S/C22H34N6O3/c1-29-15-14-28-22(23-24-25-28)21(19-9-8-18(30-2)16-20(19)31-3)27-12-10-26(11-13-27)17-6-4-5-7-17/h8-9,16-17,21H,4-7,10-15H2,1-3H3. The summed E-state index contributed by atoms with van der Waals surface area (Å²) >= 11 is 0. The molecule has 1 atom stereocenters. The van der Waals surface area contributed by atoms with Gasteiger partial charge in [-0.25, -0.2) is 4.68 Å². The Balaban J connectivity index is 1.63. The summed E-state index contributed by atoms with van der Waals surface area (Å²) < 4.78 is 18.3. The highest BCUT2D eigenvalue weighted by atomic mass is 16.5. The third kappa shape index (κ3) is 4.83. The van der Waals surface area contributed by atoms with Crippen molar-refractivity contribution in [1.82, 2.24) is 30.0 Å². The van der Waals surface area contributed by atoms with E-state index in [-0.39, 0.29) is 6.04 Å². The van der Waals surface area contributed by atoms with E-state index in [9.17, 15) is 0 Å². The Kier molecular flexibility index (Phi) is 7.37. The zero-order valence-electron chi connectivity index (χ0n) is 18.9. The minimum Gasteiger partial charge on any atom is -0.497 e. The molecule has 2 aromatic rings. The number of nitrogens with zero attached hydrogens (tertiary/aromatic N) is 6. The van der Waals surface area contributed by atoms with Gasteiger partial charge in [0.05, 0.1) is 27.4 Å². The van der Waals surface area contributed by atoms with Crippen molar-refractivity contribution in [2.24, 2.45) is 0 Å². The smallest absolute Gasteiger partial charge is 0.173 e. The van der Waals surface area contributed by atoms with Crippen LogP contribution in [0, 0.1) is 0 Å². The molecule has 2 heterocycles. The molecule has 0 spiro atoms. The Hall–Kier alpha value is -2.23. The SMILES string of the molecule is COCCn1nnnc1C(c1ccc(OC)cc1OC)N1CCN(C2CCCC2)CC1. The highest BCUT2D eigenvalue weighted by Crippen LogP contribution is 2.37. The van der Waals surface area contributed by atoms with Crippen molar-refractivity contribution in [3.8, 4) is 11.5 Å². The van der Waals surface area contributed by atoms with Gasteiger partial charge in [0, 0.05) is 51.0 Å². The molecular weight excluding hydrogens is 396 g/mol. The maximum Gasteiger partial charge on any atom is 0.173 e. The second-order valence-corrected chi connectivity index (χ2v) is 8.27. The van der Waals surface area contributed by atoms with E-state index in [1.165, 1.54) is 25.7 Å². The number of ether oxygens (including phenoxy) is 3. The molecule has 31 heavy (non-hydrogen) atoms. The molecule has 1 aliphatic carbocycles. The first kappa shape index (κ1) is 22.0. The van der Waals surface area contributed by atoms with Crippen LogP contribution in [0.5, 0.6) is 11.5 Å². The highest BCUT2D eigenvalue weighted by molar-refractivity contribution is 5.44. The average Bonchev–Trinajstić information content (AvgIpc) is 3.51. The lowest BCUT2D eigenvalue weighted by atomic mass is 10.0. The zero-order chi connectivity index (χ0) is 21.6. The number of hydrogen-bond donors (Lipinski definition) is 0. The third-order valence-electron chi connectivity index (χ3n) is 6.60. The average molecular weight is 431 g/mol. The molecule has 9 nitrogen and oxygen atoms in total. The number of piperazine rings is 1. The molecule has 2 aliphatic rings. The van der Waals surface area contributed by atoms with Crippen LogP contribution in [0.4, 0.5) is 0 Å². The number of methoxy groups -OCH3 is 3. The predicted octanol–water partition coefficient (Wildman–Crippen LogP) is 1.99. The van der Waals surface area contributed by atoms with Gasteiger partial charge in [0.25, 0.3) is 0 Å². The predicted molar refractivity (Wildman–Crippen MR) is 116 cm³/mol. The lowest BCUT2D eigenvalue weighted by Gasteiger charge is -2.41. The van der Waals surface area contributed by atoms with Crippen LogP contribution in [0.2, 0.25) is 0 Å². The van der Waals surface area contributed by atoms with Gasteiger partial charge in [-0.15, -0.1) is 5.10 Å². The van der Waals surface area contributed by atoms with Crippen LogP contribution < -0.4 is 9.47 Å². The van der Waals surface area contributed by atoms with E-state index < -0.39 is 0 Å². The molecule has 0 amide bonds. The van der Waals surface area contributed by atoms with Crippen molar-refractivity contribution in [2.75, 3.05) is 54.1 Å². The topological polar surface area (TPSA) is 77.8 Å². The molecule has 1 unspecified atom stereocenters. The Morgan fingerprint density at radius 2 is 1.81 bits per heavy atom. The van der Waals surface area contributed by atoms with E-state index in [1.54, 1.807) is 21.3 Å². The van der Waals surface area contributed by atoms with Crippen LogP contribution in [0.1, 0.15) is 43.1 Å². The number of benzene rings is 1. The maximum absolute atomic E-state index is 5.76. The molecule has 4 rings (SSSR count). The summed E-state index contributed by atoms with van der Waals surface area (Å²) in [5, 5.41) is 12.7. The minimum absolute atomic E-state index is 0.0987. The van der Waals surface area contributed by atoms with E-state index >= 15 is 0 Å². The molecule has 9 heteroatoms. The summed E-state index contributed by atoms with van der Waals surface area (Å²) in [6.07, 6.45) is 5.41. The van der Waals surface area contributed by atoms with Crippen LogP contribution in [0.3, 0.4) is 0 Å². The summed E-state index contributed by atoms with van der Waals surface area (Å²) in [7, 11) is 5.05. The Bertz CT molecular complexity index is 830.